The second-order valence-electron chi connectivity index (χ2n) is 6.50. The van der Waals surface area contributed by atoms with Crippen LogP contribution in [0.5, 0.6) is 11.5 Å². The van der Waals surface area contributed by atoms with Gasteiger partial charge < -0.3 is 14.8 Å². The van der Waals surface area contributed by atoms with E-state index < -0.39 is 10.0 Å². The summed E-state index contributed by atoms with van der Waals surface area (Å²) in [5.41, 5.74) is 0. The predicted molar refractivity (Wildman–Crippen MR) is 112 cm³/mol. The number of carbonyl (C=O) groups excluding carboxylic acids is 1. The van der Waals surface area contributed by atoms with Crippen LogP contribution in [-0.4, -0.2) is 34.1 Å². The molecular formula is C19H23ClN2O5S2. The molecule has 0 saturated carbocycles. The molecule has 2 N–H and O–H groups in total. The number of nitrogens with one attached hydrogen (secondary N) is 2. The minimum atomic E-state index is -3.61. The van der Waals surface area contributed by atoms with E-state index in [-0.39, 0.29) is 10.8 Å². The molecule has 158 valence electrons. The number of hydrogen-bond donors (Lipinski definition) is 2. The third-order valence-corrected chi connectivity index (χ3v) is 6.98. The van der Waals surface area contributed by atoms with Crippen molar-refractivity contribution in [2.75, 3.05) is 19.8 Å². The van der Waals surface area contributed by atoms with Gasteiger partial charge in [0.2, 0.25) is 15.9 Å². The van der Waals surface area contributed by atoms with E-state index in [0.29, 0.717) is 61.4 Å². The molecule has 0 atom stereocenters. The minimum absolute atomic E-state index is 0.0219. The zero-order chi connectivity index (χ0) is 20.7. The van der Waals surface area contributed by atoms with E-state index in [0.717, 1.165) is 11.3 Å². The van der Waals surface area contributed by atoms with Gasteiger partial charge in [0.25, 0.3) is 0 Å². The van der Waals surface area contributed by atoms with E-state index in [2.05, 4.69) is 10.0 Å². The molecule has 2 heterocycles. The summed E-state index contributed by atoms with van der Waals surface area (Å²) in [5, 5.41) is 2.85. The van der Waals surface area contributed by atoms with Crippen molar-refractivity contribution in [2.24, 2.45) is 0 Å². The summed E-state index contributed by atoms with van der Waals surface area (Å²) in [6.07, 6.45) is 2.51. The molecule has 3 rings (SSSR count). The first-order valence-electron chi connectivity index (χ1n) is 9.34. The average Bonchev–Trinajstić information content (AvgIpc) is 3.14. The largest absolute Gasteiger partial charge is 0.486 e. The summed E-state index contributed by atoms with van der Waals surface area (Å²) >= 11 is 7.30. The lowest BCUT2D eigenvalue weighted by Crippen LogP contribution is -2.25. The van der Waals surface area contributed by atoms with Gasteiger partial charge in [0.05, 0.1) is 15.8 Å². The Morgan fingerprint density at radius 3 is 2.62 bits per heavy atom. The van der Waals surface area contributed by atoms with Gasteiger partial charge in [-0.3, -0.25) is 4.79 Å². The van der Waals surface area contributed by atoms with Crippen LogP contribution in [0.3, 0.4) is 0 Å². The molecule has 0 spiro atoms. The summed E-state index contributed by atoms with van der Waals surface area (Å²) in [5.74, 6) is 0.969. The Kier molecular flexibility index (Phi) is 7.77. The molecule has 29 heavy (non-hydrogen) atoms. The maximum absolute atomic E-state index is 12.4. The van der Waals surface area contributed by atoms with Crippen molar-refractivity contribution in [2.45, 2.75) is 37.1 Å². The van der Waals surface area contributed by atoms with Crippen LogP contribution in [0.25, 0.3) is 0 Å². The molecule has 1 aromatic heterocycles. The van der Waals surface area contributed by atoms with Crippen LogP contribution in [-0.2, 0) is 21.4 Å². The lowest BCUT2D eigenvalue weighted by atomic mass is 10.2. The number of ether oxygens (including phenoxy) is 2. The Morgan fingerprint density at radius 2 is 1.86 bits per heavy atom. The van der Waals surface area contributed by atoms with Crippen LogP contribution in [0.4, 0.5) is 0 Å². The van der Waals surface area contributed by atoms with Gasteiger partial charge in [0.15, 0.2) is 11.5 Å². The summed E-state index contributed by atoms with van der Waals surface area (Å²) in [7, 11) is -3.61. The van der Waals surface area contributed by atoms with Crippen LogP contribution < -0.4 is 19.5 Å². The van der Waals surface area contributed by atoms with Crippen molar-refractivity contribution >= 4 is 38.9 Å². The first kappa shape index (κ1) is 21.9. The molecule has 0 unspecified atom stereocenters. The van der Waals surface area contributed by atoms with Crippen molar-refractivity contribution in [1.29, 1.82) is 0 Å². The molecule has 1 aliphatic heterocycles. The molecule has 1 aliphatic rings. The molecule has 1 aromatic carbocycles. The van der Waals surface area contributed by atoms with Crippen LogP contribution >= 0.6 is 22.9 Å². The topological polar surface area (TPSA) is 93.7 Å². The van der Waals surface area contributed by atoms with Crippen molar-refractivity contribution < 1.29 is 22.7 Å². The number of carbonyl (C=O) groups is 1. The van der Waals surface area contributed by atoms with Crippen molar-refractivity contribution in [3.63, 3.8) is 0 Å². The molecule has 0 fully saturated rings. The highest BCUT2D eigenvalue weighted by Crippen LogP contribution is 2.32. The van der Waals surface area contributed by atoms with Gasteiger partial charge in [-0.1, -0.05) is 18.0 Å². The molecule has 0 saturated heterocycles. The van der Waals surface area contributed by atoms with E-state index in [9.17, 15) is 13.2 Å². The molecular weight excluding hydrogens is 436 g/mol. The van der Waals surface area contributed by atoms with Gasteiger partial charge in [-0.15, -0.1) is 11.3 Å². The number of halogens is 1. The van der Waals surface area contributed by atoms with Gasteiger partial charge >= 0.3 is 0 Å². The molecule has 1 amide bonds. The van der Waals surface area contributed by atoms with Crippen LogP contribution in [0.15, 0.2) is 35.2 Å². The fourth-order valence-electron chi connectivity index (χ4n) is 2.79. The highest BCUT2D eigenvalue weighted by molar-refractivity contribution is 7.89. The number of amides is 1. The SMILES string of the molecule is O=C(CCCCCNS(=O)(=O)c1ccc2c(c1)OCCO2)NCc1ccc(Cl)s1. The Bertz CT molecular complexity index is 946. The van der Waals surface area contributed by atoms with Gasteiger partial charge in [0.1, 0.15) is 13.2 Å². The summed E-state index contributed by atoms with van der Waals surface area (Å²) in [4.78, 5) is 13.0. The number of benzene rings is 1. The second kappa shape index (κ2) is 10.3. The van der Waals surface area contributed by atoms with Crippen LogP contribution in [0.1, 0.15) is 30.6 Å². The summed E-state index contributed by atoms with van der Waals surface area (Å²) < 4.78 is 38.9. The Labute approximate surface area is 179 Å². The molecule has 10 heteroatoms. The number of hydrogen-bond acceptors (Lipinski definition) is 6. The molecule has 0 bridgehead atoms. The second-order valence-corrected chi connectivity index (χ2v) is 10.1. The number of fused-ring (bicyclic) bond motifs is 1. The third kappa shape index (κ3) is 6.60. The average molecular weight is 459 g/mol. The van der Waals surface area contributed by atoms with E-state index in [1.807, 2.05) is 6.07 Å². The lowest BCUT2D eigenvalue weighted by Gasteiger charge is -2.18. The number of rotatable bonds is 10. The normalized spacial score (nSPS) is 13.3. The summed E-state index contributed by atoms with van der Waals surface area (Å²) in [6.45, 7) is 1.65. The fourth-order valence-corrected chi connectivity index (χ4v) is 4.91. The quantitative estimate of drug-likeness (QED) is 0.532. The first-order chi connectivity index (χ1) is 13.9. The highest BCUT2D eigenvalue weighted by atomic mass is 35.5. The molecule has 7 nitrogen and oxygen atoms in total. The number of sulfonamides is 1. The van der Waals surface area contributed by atoms with Crippen molar-refractivity contribution in [1.82, 2.24) is 10.0 Å². The number of unbranched alkanes of at least 4 members (excludes halogenated alkanes) is 2. The highest BCUT2D eigenvalue weighted by Gasteiger charge is 2.18. The Hall–Kier alpha value is -1.81. The van der Waals surface area contributed by atoms with Gasteiger partial charge in [0, 0.05) is 23.9 Å². The zero-order valence-corrected chi connectivity index (χ0v) is 18.2. The van der Waals surface area contributed by atoms with Gasteiger partial charge in [-0.2, -0.15) is 0 Å². The fraction of sp³-hybridized carbons (Fsp3) is 0.421. The maximum Gasteiger partial charge on any atom is 0.240 e. The van der Waals surface area contributed by atoms with E-state index in [1.165, 1.54) is 23.5 Å². The predicted octanol–water partition coefficient (Wildman–Crippen LogP) is 3.33. The van der Waals surface area contributed by atoms with Gasteiger partial charge in [-0.25, -0.2) is 13.1 Å². The van der Waals surface area contributed by atoms with E-state index in [4.69, 9.17) is 21.1 Å². The van der Waals surface area contributed by atoms with Crippen LogP contribution in [0.2, 0.25) is 4.34 Å². The Morgan fingerprint density at radius 1 is 1.07 bits per heavy atom. The maximum atomic E-state index is 12.4. The molecule has 2 aromatic rings. The summed E-state index contributed by atoms with van der Waals surface area (Å²) in [6, 6.07) is 8.27. The third-order valence-electron chi connectivity index (χ3n) is 4.29. The smallest absolute Gasteiger partial charge is 0.240 e. The van der Waals surface area contributed by atoms with E-state index in [1.54, 1.807) is 12.1 Å². The monoisotopic (exact) mass is 458 g/mol. The van der Waals surface area contributed by atoms with Crippen LogP contribution in [0, 0.1) is 0 Å². The van der Waals surface area contributed by atoms with Crippen molar-refractivity contribution in [3.05, 3.63) is 39.5 Å². The first-order valence-corrected chi connectivity index (χ1v) is 12.0. The Balaban J connectivity index is 1.33. The van der Waals surface area contributed by atoms with E-state index >= 15 is 0 Å². The minimum Gasteiger partial charge on any atom is -0.486 e. The molecule has 0 radical (unpaired) electrons. The lowest BCUT2D eigenvalue weighted by molar-refractivity contribution is -0.121. The zero-order valence-electron chi connectivity index (χ0n) is 15.8. The molecule has 0 aliphatic carbocycles. The standard InChI is InChI=1S/C19H23ClN2O5S2/c20-18-8-5-14(28-18)13-21-19(23)4-2-1-3-9-22-29(24,25)15-6-7-16-17(12-15)27-11-10-26-16/h5-8,12,22H,1-4,9-11,13H2,(H,21,23). The van der Waals surface area contributed by atoms with Gasteiger partial charge in [-0.05, 0) is 37.1 Å². The van der Waals surface area contributed by atoms with Crippen molar-refractivity contribution in [3.8, 4) is 11.5 Å². The number of thiophene rings is 1.